The van der Waals surface area contributed by atoms with E-state index in [4.69, 9.17) is 25.9 Å². The summed E-state index contributed by atoms with van der Waals surface area (Å²) in [5, 5.41) is 7.14. The van der Waals surface area contributed by atoms with Gasteiger partial charge in [-0.25, -0.2) is 0 Å². The molecule has 0 aliphatic carbocycles. The Morgan fingerprint density at radius 1 is 0.643 bits per heavy atom. The first-order chi connectivity index (χ1) is 20.1. The Labute approximate surface area is 261 Å². The molecule has 0 fully saturated rings. The molecule has 0 spiro atoms. The summed E-state index contributed by atoms with van der Waals surface area (Å²) in [6, 6.07) is 16.9. The molecule has 0 amide bonds. The first-order valence-corrected chi connectivity index (χ1v) is 12.6. The average molecular weight is 644 g/mol. The second-order valence-corrected chi connectivity index (χ2v) is 8.44. The monoisotopic (exact) mass is 642 g/mol. The van der Waals surface area contributed by atoms with Crippen LogP contribution in [0.3, 0.4) is 0 Å². The van der Waals surface area contributed by atoms with Gasteiger partial charge in [-0.1, -0.05) is 24.3 Å². The molecule has 0 radical (unpaired) electrons. The van der Waals surface area contributed by atoms with Gasteiger partial charge in [0.15, 0.2) is 11.6 Å². The van der Waals surface area contributed by atoms with Gasteiger partial charge in [0.2, 0.25) is 0 Å². The van der Waals surface area contributed by atoms with Crippen LogP contribution in [0.25, 0.3) is 0 Å². The van der Waals surface area contributed by atoms with Gasteiger partial charge in [-0.2, -0.15) is 10.2 Å². The molecule has 0 saturated carbocycles. The van der Waals surface area contributed by atoms with Crippen LogP contribution in [0.5, 0.6) is 11.5 Å². The SMILES string of the molecule is NN=Cc1cccc(OCCOCCOc2cccc(C=NN)c2C(=O)c2ccncc2)c1C(=O)c1ccncc1.[Zr]. The molecule has 42 heavy (non-hydrogen) atoms. The van der Waals surface area contributed by atoms with Gasteiger partial charge in [0.25, 0.3) is 0 Å². The molecule has 0 unspecified atom stereocenters. The summed E-state index contributed by atoms with van der Waals surface area (Å²) >= 11 is 0. The summed E-state index contributed by atoms with van der Waals surface area (Å²) in [6.45, 7) is 0.802. The van der Waals surface area contributed by atoms with Crippen molar-refractivity contribution in [3.8, 4) is 11.5 Å². The zero-order valence-electron chi connectivity index (χ0n) is 22.6. The number of carbonyl (C=O) groups excluding carboxylic acids is 2. The number of hydrogen-bond donors (Lipinski definition) is 2. The molecule has 4 rings (SSSR count). The van der Waals surface area contributed by atoms with E-state index in [2.05, 4.69) is 20.2 Å². The van der Waals surface area contributed by atoms with Crippen LogP contribution in [-0.4, -0.2) is 60.4 Å². The second-order valence-electron chi connectivity index (χ2n) is 8.44. The maximum atomic E-state index is 13.2. The fourth-order valence-corrected chi connectivity index (χ4v) is 4.02. The molecule has 0 bridgehead atoms. The minimum absolute atomic E-state index is 0. The largest absolute Gasteiger partial charge is 0.490 e. The van der Waals surface area contributed by atoms with E-state index >= 15 is 0 Å². The third-order valence-electron chi connectivity index (χ3n) is 5.85. The van der Waals surface area contributed by atoms with Crippen LogP contribution >= 0.6 is 0 Å². The maximum Gasteiger partial charge on any atom is 0.197 e. The Morgan fingerprint density at radius 3 is 1.43 bits per heavy atom. The molecule has 12 heteroatoms. The number of hydrazone groups is 2. The zero-order valence-corrected chi connectivity index (χ0v) is 25.0. The molecule has 0 aliphatic heterocycles. The number of hydrogen-bond acceptors (Lipinski definition) is 11. The molecular formula is C30H28N6O5Zr. The Kier molecular flexibility index (Phi) is 12.7. The van der Waals surface area contributed by atoms with E-state index in [9.17, 15) is 9.59 Å². The standard InChI is InChI=1S/C30H28N6O5.Zr/c31-35-19-23-3-1-5-25(27(23)29(37)21-7-11-33-12-8-21)40-17-15-39-16-18-41-26-6-2-4-24(20-36-32)28(26)30(38)22-9-13-34-14-10-22;/h1-14,19-20H,15-18,31-32H2;. The van der Waals surface area contributed by atoms with Gasteiger partial charge in [0.1, 0.15) is 24.7 Å². The van der Waals surface area contributed by atoms with E-state index in [0.717, 1.165) is 0 Å². The minimum atomic E-state index is -0.244. The summed E-state index contributed by atoms with van der Waals surface area (Å²) < 4.78 is 17.5. The molecule has 0 atom stereocenters. The maximum absolute atomic E-state index is 13.2. The van der Waals surface area contributed by atoms with E-state index in [1.807, 2.05) is 0 Å². The summed E-state index contributed by atoms with van der Waals surface area (Å²) in [5.74, 6) is 11.0. The predicted molar refractivity (Wildman–Crippen MR) is 154 cm³/mol. The topological polar surface area (TPSA) is 164 Å². The molecule has 4 aromatic rings. The van der Waals surface area contributed by atoms with Crippen molar-refractivity contribution in [3.63, 3.8) is 0 Å². The summed E-state index contributed by atoms with van der Waals surface area (Å²) in [4.78, 5) is 34.3. The van der Waals surface area contributed by atoms with Crippen molar-refractivity contribution in [2.75, 3.05) is 26.4 Å². The molecule has 0 aliphatic rings. The number of aromatic nitrogens is 2. The van der Waals surface area contributed by atoms with Crippen LogP contribution in [0.1, 0.15) is 43.0 Å². The van der Waals surface area contributed by atoms with Crippen molar-refractivity contribution in [3.05, 3.63) is 119 Å². The van der Waals surface area contributed by atoms with Crippen molar-refractivity contribution in [1.29, 1.82) is 0 Å². The van der Waals surface area contributed by atoms with E-state index < -0.39 is 0 Å². The quantitative estimate of drug-likeness (QED) is 0.0691. The third kappa shape index (κ3) is 8.25. The number of nitrogens with zero attached hydrogens (tertiary/aromatic N) is 4. The summed E-state index contributed by atoms with van der Waals surface area (Å²) in [5.41, 5.74) is 2.65. The van der Waals surface area contributed by atoms with Crippen molar-refractivity contribution in [1.82, 2.24) is 9.97 Å². The third-order valence-corrected chi connectivity index (χ3v) is 5.85. The normalized spacial score (nSPS) is 10.9. The van der Waals surface area contributed by atoms with Crippen LogP contribution in [0.15, 0.2) is 95.7 Å². The predicted octanol–water partition coefficient (Wildman–Crippen LogP) is 3.00. The van der Waals surface area contributed by atoms with E-state index in [1.54, 1.807) is 85.5 Å². The molecule has 0 saturated heterocycles. The average Bonchev–Trinajstić information content (AvgIpc) is 3.01. The van der Waals surface area contributed by atoms with Gasteiger partial charge in [0.05, 0.1) is 36.8 Å². The molecule has 2 heterocycles. The van der Waals surface area contributed by atoms with E-state index in [-0.39, 0.29) is 64.2 Å². The van der Waals surface area contributed by atoms with Crippen LogP contribution in [-0.2, 0) is 30.9 Å². The number of nitrogens with two attached hydrogens (primary N) is 2. The van der Waals surface area contributed by atoms with Gasteiger partial charge in [0, 0.05) is 73.2 Å². The molecule has 4 N–H and O–H groups in total. The Hall–Kier alpha value is -4.54. The fraction of sp³-hybridized carbons (Fsp3) is 0.133. The van der Waals surface area contributed by atoms with Crippen molar-refractivity contribution >= 4 is 24.0 Å². The number of benzene rings is 2. The second kappa shape index (κ2) is 16.7. The Bertz CT molecular complexity index is 1420. The fourth-order valence-electron chi connectivity index (χ4n) is 4.02. The van der Waals surface area contributed by atoms with Crippen LogP contribution < -0.4 is 21.2 Å². The first kappa shape index (κ1) is 32.0. The zero-order chi connectivity index (χ0) is 28.9. The van der Waals surface area contributed by atoms with Crippen molar-refractivity contribution in [2.45, 2.75) is 0 Å². The number of carbonyl (C=O) groups is 2. The van der Waals surface area contributed by atoms with Gasteiger partial charge < -0.3 is 25.9 Å². The van der Waals surface area contributed by atoms with E-state index in [1.165, 1.54) is 12.4 Å². The van der Waals surface area contributed by atoms with Crippen molar-refractivity contribution < 1.29 is 50.0 Å². The van der Waals surface area contributed by atoms with Crippen LogP contribution in [0, 0.1) is 0 Å². The number of ether oxygens (including phenoxy) is 3. The molecular weight excluding hydrogens is 616 g/mol. The summed E-state index contributed by atoms with van der Waals surface area (Å²) in [6.07, 6.45) is 8.98. The first-order valence-electron chi connectivity index (χ1n) is 12.6. The smallest absolute Gasteiger partial charge is 0.197 e. The van der Waals surface area contributed by atoms with Gasteiger partial charge in [-0.3, -0.25) is 19.6 Å². The molecule has 11 nitrogen and oxygen atoms in total. The van der Waals surface area contributed by atoms with Crippen LogP contribution in [0.2, 0.25) is 0 Å². The number of ketones is 2. The van der Waals surface area contributed by atoms with Gasteiger partial charge in [-0.15, -0.1) is 0 Å². The molecule has 2 aromatic heterocycles. The van der Waals surface area contributed by atoms with Gasteiger partial charge in [-0.05, 0) is 36.4 Å². The summed E-state index contributed by atoms with van der Waals surface area (Å²) in [7, 11) is 0. The van der Waals surface area contributed by atoms with Crippen LogP contribution in [0.4, 0.5) is 0 Å². The number of rotatable bonds is 14. The van der Waals surface area contributed by atoms with Gasteiger partial charge >= 0.3 is 0 Å². The Morgan fingerprint density at radius 2 is 1.05 bits per heavy atom. The number of pyridine rings is 2. The molecule has 2 aromatic carbocycles. The van der Waals surface area contributed by atoms with E-state index in [0.29, 0.717) is 44.9 Å². The Balaban J connectivity index is 0.00000484. The minimum Gasteiger partial charge on any atom is -0.490 e. The molecule has 212 valence electrons. The van der Waals surface area contributed by atoms with Crippen molar-refractivity contribution in [2.24, 2.45) is 21.9 Å².